The van der Waals surface area contributed by atoms with Gasteiger partial charge in [0, 0.05) is 0 Å². The van der Waals surface area contributed by atoms with Crippen LogP contribution in [0.3, 0.4) is 0 Å². The number of aliphatic hydroxyl groups is 1. The SMILES string of the molecule is OC[SH]1CCCCC1. The lowest BCUT2D eigenvalue weighted by Crippen LogP contribution is -2.04. The quantitative estimate of drug-likeness (QED) is 0.515. The van der Waals surface area contributed by atoms with Gasteiger partial charge < -0.3 is 5.11 Å². The summed E-state index contributed by atoms with van der Waals surface area (Å²) in [5.74, 6) is 3.13. The number of aliphatic hydroxyl groups excluding tert-OH is 1. The molecule has 1 N–H and O–H groups in total. The average molecular weight is 134 g/mol. The number of rotatable bonds is 1. The van der Waals surface area contributed by atoms with E-state index < -0.39 is 0 Å². The predicted octanol–water partition coefficient (Wildman–Crippen LogP) is 1.12. The van der Waals surface area contributed by atoms with Gasteiger partial charge in [-0.15, -0.1) is 0 Å². The van der Waals surface area contributed by atoms with Gasteiger partial charge in [-0.2, -0.15) is 0 Å². The molecule has 1 nitrogen and oxygen atoms in total. The topological polar surface area (TPSA) is 20.2 Å². The first-order valence-corrected chi connectivity index (χ1v) is 5.16. The van der Waals surface area contributed by atoms with Gasteiger partial charge in [-0.25, -0.2) is 10.9 Å². The van der Waals surface area contributed by atoms with Crippen LogP contribution < -0.4 is 0 Å². The Morgan fingerprint density at radius 2 is 1.75 bits per heavy atom. The van der Waals surface area contributed by atoms with Gasteiger partial charge in [-0.3, -0.25) is 0 Å². The fraction of sp³-hybridized carbons (Fsp3) is 1.00. The molecule has 50 valence electrons. The second kappa shape index (κ2) is 3.36. The van der Waals surface area contributed by atoms with Gasteiger partial charge in [-0.1, -0.05) is 6.42 Å². The largest absolute Gasteiger partial charge is 0.387 e. The molecule has 8 heavy (non-hydrogen) atoms. The van der Waals surface area contributed by atoms with Crippen molar-refractivity contribution in [2.75, 3.05) is 17.4 Å². The average Bonchev–Trinajstić information content (AvgIpc) is 1.90. The fourth-order valence-corrected chi connectivity index (χ4v) is 2.95. The first kappa shape index (κ1) is 6.43. The molecule has 1 fully saturated rings. The van der Waals surface area contributed by atoms with Crippen LogP contribution in [0.5, 0.6) is 0 Å². The van der Waals surface area contributed by atoms with Crippen LogP contribution in [0, 0.1) is 0 Å². The molecule has 0 aromatic rings. The highest BCUT2D eigenvalue weighted by molar-refractivity contribution is 8.16. The summed E-state index contributed by atoms with van der Waals surface area (Å²) in [6.45, 7) is 0. The summed E-state index contributed by atoms with van der Waals surface area (Å²) in [7, 11) is 0.0860. The van der Waals surface area contributed by atoms with Crippen molar-refractivity contribution in [1.82, 2.24) is 0 Å². The van der Waals surface area contributed by atoms with Crippen molar-refractivity contribution < 1.29 is 5.11 Å². The maximum Gasteiger partial charge on any atom is 0.0711 e. The molecule has 0 aromatic carbocycles. The van der Waals surface area contributed by atoms with Crippen molar-refractivity contribution in [2.45, 2.75) is 19.3 Å². The van der Waals surface area contributed by atoms with Crippen molar-refractivity contribution >= 4 is 10.9 Å². The predicted molar refractivity (Wildman–Crippen MR) is 39.7 cm³/mol. The monoisotopic (exact) mass is 134 g/mol. The lowest BCUT2D eigenvalue weighted by Gasteiger charge is -2.22. The molecule has 1 aliphatic heterocycles. The summed E-state index contributed by atoms with van der Waals surface area (Å²) >= 11 is 0. The Kier molecular flexibility index (Phi) is 2.70. The summed E-state index contributed by atoms with van der Waals surface area (Å²) in [6.07, 6.45) is 4.14. The Labute approximate surface area is 53.4 Å². The molecule has 1 aliphatic rings. The highest BCUT2D eigenvalue weighted by Crippen LogP contribution is 2.31. The van der Waals surface area contributed by atoms with Gasteiger partial charge >= 0.3 is 0 Å². The molecule has 2 heteroatoms. The first-order valence-electron chi connectivity index (χ1n) is 3.26. The molecule has 1 heterocycles. The fourth-order valence-electron chi connectivity index (χ4n) is 1.10. The van der Waals surface area contributed by atoms with Crippen LogP contribution >= 0.6 is 10.9 Å². The molecule has 0 aromatic heterocycles. The smallest absolute Gasteiger partial charge is 0.0711 e. The molecule has 0 bridgehead atoms. The first-order chi connectivity index (χ1) is 3.93. The summed E-state index contributed by atoms with van der Waals surface area (Å²) in [5, 5.41) is 8.72. The van der Waals surface area contributed by atoms with Crippen LogP contribution in [0.25, 0.3) is 0 Å². The third-order valence-corrected chi connectivity index (χ3v) is 3.95. The minimum atomic E-state index is 0.0860. The van der Waals surface area contributed by atoms with E-state index in [4.69, 9.17) is 5.11 Å². The maximum absolute atomic E-state index is 8.72. The summed E-state index contributed by atoms with van der Waals surface area (Å²) in [4.78, 5) is 0. The van der Waals surface area contributed by atoms with E-state index in [-0.39, 0.29) is 10.9 Å². The molecule has 0 aliphatic carbocycles. The van der Waals surface area contributed by atoms with Gasteiger partial charge in [0.05, 0.1) is 5.94 Å². The minimum absolute atomic E-state index is 0.0860. The molecule has 0 spiro atoms. The molecule has 1 saturated heterocycles. The zero-order chi connectivity index (χ0) is 5.82. The van der Waals surface area contributed by atoms with Gasteiger partial charge in [0.2, 0.25) is 0 Å². The van der Waals surface area contributed by atoms with Gasteiger partial charge in [0.1, 0.15) is 0 Å². The van der Waals surface area contributed by atoms with Crippen molar-refractivity contribution in [1.29, 1.82) is 0 Å². The molecule has 0 atom stereocenters. The van der Waals surface area contributed by atoms with E-state index in [0.29, 0.717) is 5.94 Å². The van der Waals surface area contributed by atoms with E-state index in [1.54, 1.807) is 0 Å². The number of thiol groups is 1. The molecule has 0 saturated carbocycles. The van der Waals surface area contributed by atoms with E-state index in [9.17, 15) is 0 Å². The Hall–Kier alpha value is 0.310. The van der Waals surface area contributed by atoms with Crippen molar-refractivity contribution in [3.05, 3.63) is 0 Å². The van der Waals surface area contributed by atoms with Gasteiger partial charge in [-0.05, 0) is 24.3 Å². The highest BCUT2D eigenvalue weighted by Gasteiger charge is 2.06. The Balaban J connectivity index is 2.13. The van der Waals surface area contributed by atoms with E-state index in [1.165, 1.54) is 30.8 Å². The Morgan fingerprint density at radius 1 is 1.12 bits per heavy atom. The number of hydrogen-bond donors (Lipinski definition) is 2. The van der Waals surface area contributed by atoms with Crippen molar-refractivity contribution in [3.63, 3.8) is 0 Å². The van der Waals surface area contributed by atoms with Crippen LogP contribution in [-0.4, -0.2) is 22.6 Å². The standard InChI is InChI=1S/C6H14OS/c7-6-8-4-2-1-3-5-8/h7-8H,1-6H2. The Bertz CT molecular complexity index is 59.5. The molecule has 1 rings (SSSR count). The van der Waals surface area contributed by atoms with E-state index in [0.717, 1.165) is 0 Å². The zero-order valence-electron chi connectivity index (χ0n) is 5.14. The second-order valence-electron chi connectivity index (χ2n) is 2.32. The van der Waals surface area contributed by atoms with Crippen molar-refractivity contribution in [3.8, 4) is 0 Å². The maximum atomic E-state index is 8.72. The van der Waals surface area contributed by atoms with Gasteiger partial charge in [0.15, 0.2) is 0 Å². The van der Waals surface area contributed by atoms with E-state index >= 15 is 0 Å². The third-order valence-electron chi connectivity index (χ3n) is 1.65. The highest BCUT2D eigenvalue weighted by atomic mass is 32.2. The summed E-state index contributed by atoms with van der Waals surface area (Å²) in [6, 6.07) is 0. The molecule has 0 amide bonds. The van der Waals surface area contributed by atoms with E-state index in [1.807, 2.05) is 0 Å². The van der Waals surface area contributed by atoms with Crippen LogP contribution in [-0.2, 0) is 0 Å². The Morgan fingerprint density at radius 3 is 2.12 bits per heavy atom. The van der Waals surface area contributed by atoms with Crippen LogP contribution in [0.4, 0.5) is 0 Å². The molecule has 0 radical (unpaired) electrons. The molecular formula is C6H14OS. The van der Waals surface area contributed by atoms with Gasteiger partial charge in [0.25, 0.3) is 0 Å². The normalized spacial score (nSPS) is 25.9. The van der Waals surface area contributed by atoms with Crippen LogP contribution in [0.15, 0.2) is 0 Å². The van der Waals surface area contributed by atoms with Crippen LogP contribution in [0.1, 0.15) is 19.3 Å². The second-order valence-corrected chi connectivity index (χ2v) is 4.84. The number of hydrogen-bond acceptors (Lipinski definition) is 1. The molecule has 0 unspecified atom stereocenters. The lowest BCUT2D eigenvalue weighted by atomic mass is 10.3. The third kappa shape index (κ3) is 1.67. The van der Waals surface area contributed by atoms with Crippen LogP contribution in [0.2, 0.25) is 0 Å². The lowest BCUT2D eigenvalue weighted by molar-refractivity contribution is 0.372. The zero-order valence-corrected chi connectivity index (χ0v) is 6.03. The molecular weight excluding hydrogens is 120 g/mol. The minimum Gasteiger partial charge on any atom is -0.387 e. The summed E-state index contributed by atoms with van der Waals surface area (Å²) < 4.78 is 0. The van der Waals surface area contributed by atoms with E-state index in [2.05, 4.69) is 0 Å². The van der Waals surface area contributed by atoms with Crippen molar-refractivity contribution in [2.24, 2.45) is 0 Å². The summed E-state index contributed by atoms with van der Waals surface area (Å²) in [5.41, 5.74) is 0.